The number of hydrogen-bond acceptors (Lipinski definition) is 9. The number of ether oxygens (including phenoxy) is 1. The van der Waals surface area contributed by atoms with Gasteiger partial charge in [0, 0.05) is 11.3 Å². The number of anilines is 1. The normalized spacial score (nSPS) is 16.6. The van der Waals surface area contributed by atoms with Crippen LogP contribution in [0.4, 0.5) is 9.52 Å². The summed E-state index contributed by atoms with van der Waals surface area (Å²) in [6.07, 6.45) is 0. The molecule has 1 aliphatic heterocycles. The van der Waals surface area contributed by atoms with Gasteiger partial charge in [0.2, 0.25) is 5.13 Å². The quantitative estimate of drug-likeness (QED) is 0.0980. The van der Waals surface area contributed by atoms with Crippen LogP contribution in [0.15, 0.2) is 76.6 Å². The van der Waals surface area contributed by atoms with Gasteiger partial charge in [-0.05, 0) is 54.4 Å². The van der Waals surface area contributed by atoms with Crippen LogP contribution in [-0.4, -0.2) is 39.2 Å². The molecule has 1 amide bonds. The summed E-state index contributed by atoms with van der Waals surface area (Å²) in [6, 6.07) is 16.3. The first-order chi connectivity index (χ1) is 18.8. The first-order valence-corrected chi connectivity index (χ1v) is 13.5. The largest absolute Gasteiger partial charge is 0.507 e. The number of aromatic nitrogens is 2. The summed E-state index contributed by atoms with van der Waals surface area (Å²) >= 11 is 2.58. The number of aliphatic hydroxyl groups is 1. The van der Waals surface area contributed by atoms with Crippen molar-refractivity contribution >= 4 is 45.7 Å². The van der Waals surface area contributed by atoms with Gasteiger partial charge >= 0.3 is 5.91 Å². The number of ketones is 1. The first kappa shape index (κ1) is 26.4. The molecule has 1 unspecified atom stereocenters. The summed E-state index contributed by atoms with van der Waals surface area (Å²) in [5, 5.41) is 29.8. The van der Waals surface area contributed by atoms with Gasteiger partial charge in [0.25, 0.3) is 5.78 Å². The number of phenolic OH excluding ortho intramolecular Hbond substituents is 1. The number of aliphatic hydroxyl groups excluding tert-OH is 1. The molecule has 4 aromatic rings. The highest BCUT2D eigenvalue weighted by Gasteiger charge is 2.48. The van der Waals surface area contributed by atoms with Crippen LogP contribution in [0.1, 0.15) is 28.3 Å². The van der Waals surface area contributed by atoms with Gasteiger partial charge in [-0.15, -0.1) is 10.2 Å². The van der Waals surface area contributed by atoms with E-state index in [1.165, 1.54) is 54.1 Å². The van der Waals surface area contributed by atoms with Crippen LogP contribution in [0, 0.1) is 12.7 Å². The number of methoxy groups -OCH3 is 1. The Morgan fingerprint density at radius 1 is 1.08 bits per heavy atom. The maximum Gasteiger partial charge on any atom is 0.301 e. The van der Waals surface area contributed by atoms with E-state index in [1.54, 1.807) is 0 Å². The van der Waals surface area contributed by atoms with Crippen LogP contribution in [0.2, 0.25) is 0 Å². The van der Waals surface area contributed by atoms with Gasteiger partial charge in [0.15, 0.2) is 15.8 Å². The fraction of sp³-hybridized carbons (Fsp3) is 0.143. The van der Waals surface area contributed by atoms with E-state index in [-0.39, 0.29) is 27.8 Å². The zero-order valence-corrected chi connectivity index (χ0v) is 22.4. The summed E-state index contributed by atoms with van der Waals surface area (Å²) in [4.78, 5) is 27.8. The standard InChI is InChI=1S/C28H22FN3O5S2/c1-15-3-5-16(6-4-15)14-38-28-31-30-27(39-28)32-23(18-9-12-20(33)21(13-18)37-2)22(25(35)26(32)36)24(34)17-7-10-19(29)11-8-17/h3-13,23,33-34H,14H2,1-2H3/b24-22-. The molecular formula is C28H22FN3O5S2. The number of benzene rings is 3. The molecule has 11 heteroatoms. The van der Waals surface area contributed by atoms with Crippen molar-refractivity contribution in [3.8, 4) is 11.5 Å². The molecule has 5 rings (SSSR count). The summed E-state index contributed by atoms with van der Waals surface area (Å²) in [6.45, 7) is 2.01. The summed E-state index contributed by atoms with van der Waals surface area (Å²) in [5.74, 6) is -2.20. The Morgan fingerprint density at radius 3 is 2.49 bits per heavy atom. The number of rotatable bonds is 7. The minimum absolute atomic E-state index is 0.117. The van der Waals surface area contributed by atoms with Crippen LogP contribution in [-0.2, 0) is 15.3 Å². The van der Waals surface area contributed by atoms with Crippen molar-refractivity contribution in [3.63, 3.8) is 0 Å². The SMILES string of the molecule is COc1cc(C2/C(=C(/O)c3ccc(F)cc3)C(=O)C(=O)N2c2nnc(SCc3ccc(C)cc3)s2)ccc1O. The molecule has 1 saturated heterocycles. The van der Waals surface area contributed by atoms with Crippen molar-refractivity contribution < 1.29 is 28.9 Å². The molecule has 2 heterocycles. The smallest absolute Gasteiger partial charge is 0.301 e. The molecule has 0 spiro atoms. The zero-order valence-electron chi connectivity index (χ0n) is 20.8. The third kappa shape index (κ3) is 5.23. The Hall–Kier alpha value is -4.22. The number of nitrogens with zero attached hydrogens (tertiary/aromatic N) is 3. The molecule has 0 saturated carbocycles. The Bertz CT molecular complexity index is 1590. The van der Waals surface area contributed by atoms with Crippen molar-refractivity contribution in [2.24, 2.45) is 0 Å². The molecule has 39 heavy (non-hydrogen) atoms. The first-order valence-electron chi connectivity index (χ1n) is 11.7. The predicted molar refractivity (Wildman–Crippen MR) is 146 cm³/mol. The number of Topliss-reactive ketones (excluding diaryl/α,β-unsaturated/α-hetero) is 1. The van der Waals surface area contributed by atoms with E-state index < -0.39 is 29.3 Å². The lowest BCUT2D eigenvalue weighted by Crippen LogP contribution is -2.29. The number of carbonyl (C=O) groups excluding carboxylic acids is 2. The maximum absolute atomic E-state index is 13.5. The highest BCUT2D eigenvalue weighted by Crippen LogP contribution is 2.45. The zero-order chi connectivity index (χ0) is 27.7. The maximum atomic E-state index is 13.5. The molecule has 1 aromatic heterocycles. The van der Waals surface area contributed by atoms with Gasteiger partial charge in [0.05, 0.1) is 18.7 Å². The lowest BCUT2D eigenvalue weighted by atomic mass is 9.95. The topological polar surface area (TPSA) is 113 Å². The van der Waals surface area contributed by atoms with Crippen molar-refractivity contribution in [1.82, 2.24) is 10.2 Å². The number of thioether (sulfide) groups is 1. The highest BCUT2D eigenvalue weighted by molar-refractivity contribution is 8.00. The van der Waals surface area contributed by atoms with Crippen LogP contribution in [0.5, 0.6) is 11.5 Å². The Morgan fingerprint density at radius 2 is 1.79 bits per heavy atom. The molecule has 3 aromatic carbocycles. The second-order valence-corrected chi connectivity index (χ2v) is 10.9. The number of phenols is 1. The van der Waals surface area contributed by atoms with Gasteiger partial charge in [0.1, 0.15) is 11.6 Å². The molecule has 0 aliphatic carbocycles. The molecule has 198 valence electrons. The monoisotopic (exact) mass is 563 g/mol. The Kier molecular flexibility index (Phi) is 7.36. The molecular weight excluding hydrogens is 541 g/mol. The minimum Gasteiger partial charge on any atom is -0.507 e. The minimum atomic E-state index is -1.10. The van der Waals surface area contributed by atoms with Crippen LogP contribution >= 0.6 is 23.1 Å². The van der Waals surface area contributed by atoms with E-state index in [0.717, 1.165) is 34.6 Å². The lowest BCUT2D eigenvalue weighted by molar-refractivity contribution is -0.132. The van der Waals surface area contributed by atoms with E-state index >= 15 is 0 Å². The number of carbonyl (C=O) groups is 2. The number of amides is 1. The number of hydrogen-bond donors (Lipinski definition) is 2. The second kappa shape index (κ2) is 10.9. The average Bonchev–Trinajstić information content (AvgIpc) is 3.50. The molecule has 8 nitrogen and oxygen atoms in total. The van der Waals surface area contributed by atoms with E-state index in [9.17, 15) is 24.2 Å². The highest BCUT2D eigenvalue weighted by atomic mass is 32.2. The average molecular weight is 564 g/mol. The van der Waals surface area contributed by atoms with Gasteiger partial charge < -0.3 is 14.9 Å². The van der Waals surface area contributed by atoms with Gasteiger partial charge in [-0.1, -0.05) is 59.0 Å². The van der Waals surface area contributed by atoms with Crippen molar-refractivity contribution in [1.29, 1.82) is 0 Å². The van der Waals surface area contributed by atoms with Crippen LogP contribution in [0.3, 0.4) is 0 Å². The van der Waals surface area contributed by atoms with Gasteiger partial charge in [-0.2, -0.15) is 0 Å². The van der Waals surface area contributed by atoms with Gasteiger partial charge in [-0.25, -0.2) is 4.39 Å². The number of aryl methyl sites for hydroxylation is 1. The molecule has 1 atom stereocenters. The summed E-state index contributed by atoms with van der Waals surface area (Å²) < 4.78 is 19.3. The molecule has 1 fully saturated rings. The van der Waals surface area contributed by atoms with Crippen LogP contribution < -0.4 is 9.64 Å². The predicted octanol–water partition coefficient (Wildman–Crippen LogP) is 5.62. The van der Waals surface area contributed by atoms with E-state index in [2.05, 4.69) is 10.2 Å². The Balaban J connectivity index is 1.56. The summed E-state index contributed by atoms with van der Waals surface area (Å²) in [5.41, 5.74) is 2.60. The lowest BCUT2D eigenvalue weighted by Gasteiger charge is -2.23. The fourth-order valence-corrected chi connectivity index (χ4v) is 5.98. The van der Waals surface area contributed by atoms with Crippen LogP contribution in [0.25, 0.3) is 5.76 Å². The summed E-state index contributed by atoms with van der Waals surface area (Å²) in [7, 11) is 1.37. The van der Waals surface area contributed by atoms with Crippen molar-refractivity contribution in [2.75, 3.05) is 12.0 Å². The number of aromatic hydroxyl groups is 1. The van der Waals surface area contributed by atoms with Gasteiger partial charge in [-0.3, -0.25) is 14.5 Å². The van der Waals surface area contributed by atoms with E-state index in [1.807, 2.05) is 31.2 Å². The fourth-order valence-electron chi connectivity index (χ4n) is 4.16. The van der Waals surface area contributed by atoms with Crippen molar-refractivity contribution in [2.45, 2.75) is 23.1 Å². The third-order valence-electron chi connectivity index (χ3n) is 6.17. The second-order valence-electron chi connectivity index (χ2n) is 8.73. The Labute approximate surface area is 231 Å². The molecule has 1 aliphatic rings. The van der Waals surface area contributed by atoms with E-state index in [0.29, 0.717) is 15.7 Å². The molecule has 0 radical (unpaired) electrons. The third-order valence-corrected chi connectivity index (χ3v) is 8.29. The number of halogens is 1. The van der Waals surface area contributed by atoms with E-state index in [4.69, 9.17) is 4.74 Å². The van der Waals surface area contributed by atoms with Crippen molar-refractivity contribution in [3.05, 3.63) is 100 Å². The molecule has 2 N–H and O–H groups in total. The molecule has 0 bridgehead atoms.